The average Bonchev–Trinajstić information content (AvgIpc) is 3.01. The Hall–Kier alpha value is -3.01. The lowest BCUT2D eigenvalue weighted by Gasteiger charge is -2.19. The van der Waals surface area contributed by atoms with Gasteiger partial charge in [0.1, 0.15) is 5.02 Å². The van der Waals surface area contributed by atoms with Gasteiger partial charge >= 0.3 is 6.18 Å². The summed E-state index contributed by atoms with van der Waals surface area (Å²) >= 11 is 6.25. The molecule has 0 spiro atoms. The van der Waals surface area contributed by atoms with Gasteiger partial charge in [0, 0.05) is 11.1 Å². The topological polar surface area (TPSA) is 77.8 Å². The number of rotatable bonds is 4. The smallest absolute Gasteiger partial charge is 0.433 e. The molecule has 0 atom stereocenters. The average molecular weight is 457 g/mol. The van der Waals surface area contributed by atoms with Crippen LogP contribution < -0.4 is 14.8 Å². The van der Waals surface area contributed by atoms with Gasteiger partial charge in [-0.05, 0) is 45.0 Å². The first-order valence-electron chi connectivity index (χ1n) is 9.07. The molecule has 0 unspecified atom stereocenters. The third-order valence-electron chi connectivity index (χ3n) is 4.21. The fraction of sp³-hybridized carbons (Fsp3) is 0.350. The third kappa shape index (κ3) is 4.53. The van der Waals surface area contributed by atoms with Crippen molar-refractivity contribution in [3.8, 4) is 22.8 Å². The molecule has 7 nitrogen and oxygen atoms in total. The number of nitrogens with one attached hydrogen (secondary N) is 1. The van der Waals surface area contributed by atoms with Gasteiger partial charge in [0.15, 0.2) is 28.5 Å². The van der Waals surface area contributed by atoms with Crippen LogP contribution in [0.15, 0.2) is 24.3 Å². The SMILES string of the molecule is COc1ccc(-c2cc(C(F)(F)F)n3nc(C(=O)NC(C)(C)C)c(Cl)c3n2)cc1OC. The van der Waals surface area contributed by atoms with Crippen molar-refractivity contribution >= 4 is 23.2 Å². The fourth-order valence-corrected chi connectivity index (χ4v) is 3.13. The molecule has 0 aliphatic heterocycles. The van der Waals surface area contributed by atoms with E-state index >= 15 is 0 Å². The Morgan fingerprint density at radius 3 is 2.29 bits per heavy atom. The van der Waals surface area contributed by atoms with Gasteiger partial charge < -0.3 is 14.8 Å². The lowest BCUT2D eigenvalue weighted by atomic mass is 10.1. The van der Waals surface area contributed by atoms with Gasteiger partial charge in [-0.15, -0.1) is 0 Å². The zero-order valence-corrected chi connectivity index (χ0v) is 18.1. The van der Waals surface area contributed by atoms with Crippen molar-refractivity contribution in [1.29, 1.82) is 0 Å². The van der Waals surface area contributed by atoms with E-state index in [2.05, 4.69) is 15.4 Å². The highest BCUT2D eigenvalue weighted by Crippen LogP contribution is 2.37. The molecule has 0 saturated carbocycles. The molecule has 11 heteroatoms. The molecule has 0 radical (unpaired) electrons. The summed E-state index contributed by atoms with van der Waals surface area (Å²) in [5, 5.41) is 6.15. The number of halogens is 4. The largest absolute Gasteiger partial charge is 0.493 e. The predicted octanol–water partition coefficient (Wildman–Crippen LogP) is 4.61. The second kappa shape index (κ2) is 7.92. The molecule has 1 aromatic carbocycles. The van der Waals surface area contributed by atoms with E-state index in [0.717, 1.165) is 6.07 Å². The summed E-state index contributed by atoms with van der Waals surface area (Å²) in [5.41, 5.74) is -2.09. The van der Waals surface area contributed by atoms with Crippen LogP contribution in [-0.2, 0) is 6.18 Å². The molecule has 31 heavy (non-hydrogen) atoms. The zero-order valence-electron chi connectivity index (χ0n) is 17.4. The van der Waals surface area contributed by atoms with Crippen LogP contribution in [0.5, 0.6) is 11.5 Å². The third-order valence-corrected chi connectivity index (χ3v) is 4.55. The number of hydrogen-bond donors (Lipinski definition) is 1. The fourth-order valence-electron chi connectivity index (χ4n) is 2.88. The second-order valence-corrected chi connectivity index (χ2v) is 8.07. The molecule has 0 aliphatic carbocycles. The normalized spacial score (nSPS) is 12.2. The molecular weight excluding hydrogens is 437 g/mol. The number of amides is 1. The van der Waals surface area contributed by atoms with Crippen molar-refractivity contribution in [1.82, 2.24) is 19.9 Å². The van der Waals surface area contributed by atoms with E-state index < -0.39 is 23.3 Å². The monoisotopic (exact) mass is 456 g/mol. The van der Waals surface area contributed by atoms with Crippen LogP contribution in [-0.4, -0.2) is 40.3 Å². The summed E-state index contributed by atoms with van der Waals surface area (Å²) in [6, 6.07) is 5.42. The summed E-state index contributed by atoms with van der Waals surface area (Å²) in [6.45, 7) is 5.18. The van der Waals surface area contributed by atoms with Gasteiger partial charge in [0.05, 0.1) is 19.9 Å². The lowest BCUT2D eigenvalue weighted by molar-refractivity contribution is -0.142. The van der Waals surface area contributed by atoms with E-state index in [-0.39, 0.29) is 22.1 Å². The van der Waals surface area contributed by atoms with Crippen LogP contribution in [0, 0.1) is 0 Å². The van der Waals surface area contributed by atoms with Crippen molar-refractivity contribution in [2.45, 2.75) is 32.5 Å². The highest BCUT2D eigenvalue weighted by Gasteiger charge is 2.37. The van der Waals surface area contributed by atoms with Crippen molar-refractivity contribution in [3.05, 3.63) is 40.7 Å². The number of hydrogen-bond acceptors (Lipinski definition) is 5. The van der Waals surface area contributed by atoms with Gasteiger partial charge in [-0.3, -0.25) is 4.79 Å². The Bertz CT molecular complexity index is 1150. The van der Waals surface area contributed by atoms with Crippen LogP contribution in [0.2, 0.25) is 5.02 Å². The molecule has 166 valence electrons. The van der Waals surface area contributed by atoms with Crippen LogP contribution >= 0.6 is 11.6 Å². The molecule has 0 aliphatic rings. The highest BCUT2D eigenvalue weighted by molar-refractivity contribution is 6.36. The summed E-state index contributed by atoms with van der Waals surface area (Å²) in [6.07, 6.45) is -4.78. The lowest BCUT2D eigenvalue weighted by Crippen LogP contribution is -2.40. The van der Waals surface area contributed by atoms with Crippen LogP contribution in [0.4, 0.5) is 13.2 Å². The maximum atomic E-state index is 13.8. The first-order chi connectivity index (χ1) is 14.4. The number of methoxy groups -OCH3 is 2. The Labute approximate surface area is 181 Å². The predicted molar refractivity (Wildman–Crippen MR) is 109 cm³/mol. The Kier molecular flexibility index (Phi) is 5.79. The number of nitrogens with zero attached hydrogens (tertiary/aromatic N) is 3. The van der Waals surface area contributed by atoms with Crippen molar-refractivity contribution in [3.63, 3.8) is 0 Å². The molecule has 3 rings (SSSR count). The van der Waals surface area contributed by atoms with E-state index in [0.29, 0.717) is 21.6 Å². The number of alkyl halides is 3. The molecule has 0 saturated heterocycles. The number of carbonyl (C=O) groups is 1. The zero-order chi connectivity index (χ0) is 23.1. The highest BCUT2D eigenvalue weighted by atomic mass is 35.5. The number of ether oxygens (including phenoxy) is 2. The van der Waals surface area contributed by atoms with Crippen molar-refractivity contribution < 1.29 is 27.4 Å². The number of carbonyl (C=O) groups excluding carboxylic acids is 1. The number of fused-ring (bicyclic) bond motifs is 1. The van der Waals surface area contributed by atoms with Gasteiger partial charge in [0.2, 0.25) is 0 Å². The number of aromatic nitrogens is 3. The first-order valence-corrected chi connectivity index (χ1v) is 9.45. The molecule has 2 heterocycles. The minimum atomic E-state index is -4.78. The molecule has 0 bridgehead atoms. The van der Waals surface area contributed by atoms with Gasteiger partial charge in [-0.25, -0.2) is 9.50 Å². The minimum Gasteiger partial charge on any atom is -0.493 e. The molecule has 2 aromatic heterocycles. The Balaban J connectivity index is 2.24. The summed E-state index contributed by atoms with van der Waals surface area (Å²) in [5.74, 6) is 0.0239. The van der Waals surface area contributed by atoms with Crippen molar-refractivity contribution in [2.75, 3.05) is 14.2 Å². The standard InChI is InChI=1S/C20H20ClF3N4O3/c1-19(2,3)26-18(29)16-15(21)17-25-11(9-14(20(22,23)24)28(17)27-16)10-6-7-12(30-4)13(8-10)31-5/h6-9H,1-5H3,(H,26,29). The van der Waals surface area contributed by atoms with E-state index in [1.807, 2.05) is 0 Å². The maximum Gasteiger partial charge on any atom is 0.433 e. The Morgan fingerprint density at radius 1 is 1.10 bits per heavy atom. The van der Waals surface area contributed by atoms with Gasteiger partial charge in [-0.1, -0.05) is 11.6 Å². The molecule has 1 N–H and O–H groups in total. The van der Waals surface area contributed by atoms with Crippen molar-refractivity contribution in [2.24, 2.45) is 0 Å². The van der Waals surface area contributed by atoms with Crippen LogP contribution in [0.3, 0.4) is 0 Å². The minimum absolute atomic E-state index is 0.0228. The molecular formula is C20H20ClF3N4O3. The van der Waals surface area contributed by atoms with Gasteiger partial charge in [-0.2, -0.15) is 18.3 Å². The maximum absolute atomic E-state index is 13.8. The molecule has 3 aromatic rings. The van der Waals surface area contributed by atoms with E-state index in [1.54, 1.807) is 26.8 Å². The summed E-state index contributed by atoms with van der Waals surface area (Å²) < 4.78 is 52.4. The first kappa shape index (κ1) is 22.7. The van der Waals surface area contributed by atoms with E-state index in [1.165, 1.54) is 26.4 Å². The van der Waals surface area contributed by atoms with E-state index in [9.17, 15) is 18.0 Å². The summed E-state index contributed by atoms with van der Waals surface area (Å²) in [4.78, 5) is 16.8. The van der Waals surface area contributed by atoms with Crippen LogP contribution in [0.25, 0.3) is 16.9 Å². The molecule has 1 amide bonds. The summed E-state index contributed by atoms with van der Waals surface area (Å²) in [7, 11) is 2.85. The quantitative estimate of drug-likeness (QED) is 0.620. The van der Waals surface area contributed by atoms with Crippen LogP contribution in [0.1, 0.15) is 37.0 Å². The second-order valence-electron chi connectivity index (χ2n) is 7.70. The number of benzene rings is 1. The van der Waals surface area contributed by atoms with E-state index in [4.69, 9.17) is 21.1 Å². The molecule has 0 fully saturated rings. The van der Waals surface area contributed by atoms with Gasteiger partial charge in [0.25, 0.3) is 5.91 Å². The Morgan fingerprint density at radius 2 is 1.74 bits per heavy atom.